The zero-order chi connectivity index (χ0) is 17.1. The van der Waals surface area contributed by atoms with Crippen LogP contribution in [0.1, 0.15) is 26.4 Å². The molecule has 1 amide bonds. The fourth-order valence-corrected chi connectivity index (χ4v) is 3.17. The summed E-state index contributed by atoms with van der Waals surface area (Å²) >= 11 is 7.55. The smallest absolute Gasteiger partial charge is 0.257 e. The number of anilines is 1. The number of hydrogen-bond donors (Lipinski definition) is 1. The van der Waals surface area contributed by atoms with E-state index >= 15 is 0 Å². The monoisotopic (exact) mass is 359 g/mol. The van der Waals surface area contributed by atoms with Crippen molar-refractivity contribution in [1.29, 1.82) is 0 Å². The van der Waals surface area contributed by atoms with E-state index in [0.717, 1.165) is 21.0 Å². The number of amides is 1. The Balaban J connectivity index is 1.67. The number of carbonyl (C=O) groups is 1. The molecule has 2 heterocycles. The van der Waals surface area contributed by atoms with E-state index in [-0.39, 0.29) is 5.91 Å². The summed E-state index contributed by atoms with van der Waals surface area (Å²) < 4.78 is 0.630. The molecule has 0 atom stereocenters. The van der Waals surface area contributed by atoms with Crippen LogP contribution in [0.4, 0.5) is 5.13 Å². The van der Waals surface area contributed by atoms with Gasteiger partial charge in [0.15, 0.2) is 17.5 Å². The van der Waals surface area contributed by atoms with Crippen molar-refractivity contribution in [3.63, 3.8) is 0 Å². The molecule has 0 saturated heterocycles. The summed E-state index contributed by atoms with van der Waals surface area (Å²) in [7, 11) is 0. The van der Waals surface area contributed by atoms with Gasteiger partial charge in [0.2, 0.25) is 0 Å². The largest absolute Gasteiger partial charge is 0.619 e. The van der Waals surface area contributed by atoms with E-state index < -0.39 is 0 Å². The molecule has 1 aromatic carbocycles. The summed E-state index contributed by atoms with van der Waals surface area (Å²) in [6.07, 6.45) is 5.01. The Kier molecular flexibility index (Phi) is 4.78. The number of aromatic nitrogens is 2. The maximum Gasteiger partial charge on any atom is 0.257 e. The van der Waals surface area contributed by atoms with E-state index in [1.54, 1.807) is 6.20 Å². The van der Waals surface area contributed by atoms with Crippen molar-refractivity contribution in [3.8, 4) is 0 Å². The van der Waals surface area contributed by atoms with Crippen LogP contribution in [0.5, 0.6) is 0 Å². The number of carbonyl (C=O) groups excluding carboxylic acids is 1. The molecule has 0 aliphatic carbocycles. The van der Waals surface area contributed by atoms with E-state index in [1.165, 1.54) is 35.9 Å². The maximum absolute atomic E-state index is 12.1. The minimum atomic E-state index is -0.296. The Labute approximate surface area is 148 Å². The first kappa shape index (κ1) is 16.4. The zero-order valence-electron chi connectivity index (χ0n) is 12.8. The fraction of sp³-hybridized carbons (Fsp3) is 0.118. The summed E-state index contributed by atoms with van der Waals surface area (Å²) in [5, 5.41) is 15.0. The van der Waals surface area contributed by atoms with Crippen molar-refractivity contribution in [2.45, 2.75) is 13.3 Å². The van der Waals surface area contributed by atoms with Crippen LogP contribution in [-0.4, -0.2) is 10.9 Å². The van der Waals surface area contributed by atoms with Crippen molar-refractivity contribution in [2.75, 3.05) is 5.32 Å². The van der Waals surface area contributed by atoms with Crippen LogP contribution < -0.4 is 10.0 Å². The lowest BCUT2D eigenvalue weighted by molar-refractivity contribution is -0.605. The van der Waals surface area contributed by atoms with E-state index in [1.807, 2.05) is 25.1 Å². The molecule has 7 heteroatoms. The lowest BCUT2D eigenvalue weighted by Crippen LogP contribution is -2.25. The third-order valence-corrected chi connectivity index (χ3v) is 4.77. The average molecular weight is 360 g/mol. The highest BCUT2D eigenvalue weighted by molar-refractivity contribution is 7.15. The van der Waals surface area contributed by atoms with Gasteiger partial charge in [-0.2, -0.15) is 4.73 Å². The molecule has 0 aliphatic heterocycles. The quantitative estimate of drug-likeness (QED) is 0.571. The molecule has 0 aliphatic rings. The van der Waals surface area contributed by atoms with Gasteiger partial charge in [-0.15, -0.1) is 11.3 Å². The molecule has 24 heavy (non-hydrogen) atoms. The third-order valence-electron chi connectivity index (χ3n) is 3.45. The Hall–Kier alpha value is -2.44. The van der Waals surface area contributed by atoms with Gasteiger partial charge in [-0.3, -0.25) is 10.1 Å². The van der Waals surface area contributed by atoms with Crippen LogP contribution in [0.2, 0.25) is 5.02 Å². The van der Waals surface area contributed by atoms with Crippen molar-refractivity contribution >= 4 is 34.0 Å². The maximum atomic E-state index is 12.1. The van der Waals surface area contributed by atoms with Crippen LogP contribution in [0, 0.1) is 12.1 Å². The molecule has 0 bridgehead atoms. The molecule has 3 aromatic rings. The van der Waals surface area contributed by atoms with Gasteiger partial charge in [0.1, 0.15) is 0 Å². The number of nitrogens with one attached hydrogen (secondary N) is 1. The van der Waals surface area contributed by atoms with E-state index in [9.17, 15) is 10.0 Å². The second kappa shape index (κ2) is 6.98. The Bertz CT molecular complexity index is 878. The summed E-state index contributed by atoms with van der Waals surface area (Å²) in [6, 6.07) is 8.88. The molecule has 0 spiro atoms. The lowest BCUT2D eigenvalue weighted by Gasteiger charge is -2.02. The topological polar surface area (TPSA) is 68.9 Å². The molecule has 1 N–H and O–H groups in total. The van der Waals surface area contributed by atoms with Crippen LogP contribution in [0.3, 0.4) is 0 Å². The van der Waals surface area contributed by atoms with Crippen molar-refractivity contribution in [1.82, 2.24) is 4.98 Å². The molecule has 2 aromatic heterocycles. The number of pyridine rings is 1. The number of halogens is 1. The predicted molar refractivity (Wildman–Crippen MR) is 94.5 cm³/mol. The van der Waals surface area contributed by atoms with Gasteiger partial charge in [-0.25, -0.2) is 4.98 Å². The third kappa shape index (κ3) is 3.90. The molecule has 3 rings (SSSR count). The second-order valence-electron chi connectivity index (χ2n) is 5.29. The first-order chi connectivity index (χ1) is 11.5. The molecule has 0 fully saturated rings. The second-order valence-corrected chi connectivity index (χ2v) is 6.82. The first-order valence-corrected chi connectivity index (χ1v) is 8.40. The minimum Gasteiger partial charge on any atom is -0.619 e. The number of benzene rings is 1. The highest BCUT2D eigenvalue weighted by Crippen LogP contribution is 2.24. The SMILES string of the molecule is Cc1ccc(Cc2cnc(NC(=O)c3cc[n+]([O-])cc3)s2)cc1Cl. The number of rotatable bonds is 4. The summed E-state index contributed by atoms with van der Waals surface area (Å²) in [5.74, 6) is -0.296. The van der Waals surface area contributed by atoms with Gasteiger partial charge in [0.05, 0.1) is 5.56 Å². The van der Waals surface area contributed by atoms with Gasteiger partial charge in [-0.1, -0.05) is 23.7 Å². The van der Waals surface area contributed by atoms with Crippen LogP contribution in [0.25, 0.3) is 0 Å². The van der Waals surface area contributed by atoms with Gasteiger partial charge in [-0.05, 0) is 24.1 Å². The van der Waals surface area contributed by atoms with Gasteiger partial charge in [0, 0.05) is 34.7 Å². The Morgan fingerprint density at radius 2 is 2.08 bits per heavy atom. The molecule has 5 nitrogen and oxygen atoms in total. The number of nitrogens with zero attached hydrogens (tertiary/aromatic N) is 2. The van der Waals surface area contributed by atoms with Gasteiger partial charge in [0.25, 0.3) is 5.91 Å². The normalized spacial score (nSPS) is 10.6. The number of hydrogen-bond acceptors (Lipinski definition) is 4. The summed E-state index contributed by atoms with van der Waals surface area (Å²) in [4.78, 5) is 17.3. The van der Waals surface area contributed by atoms with Crippen molar-refractivity contribution < 1.29 is 9.52 Å². The Morgan fingerprint density at radius 1 is 1.33 bits per heavy atom. The first-order valence-electron chi connectivity index (χ1n) is 7.21. The van der Waals surface area contributed by atoms with Crippen molar-refractivity contribution in [3.05, 3.63) is 80.7 Å². The lowest BCUT2D eigenvalue weighted by atomic mass is 10.1. The molecular formula is C17H14ClN3O2S. The minimum absolute atomic E-state index is 0.296. The van der Waals surface area contributed by atoms with Crippen LogP contribution >= 0.6 is 22.9 Å². The molecule has 0 unspecified atom stereocenters. The van der Waals surface area contributed by atoms with E-state index in [2.05, 4.69) is 10.3 Å². The highest BCUT2D eigenvalue weighted by Gasteiger charge is 2.10. The summed E-state index contributed by atoms with van der Waals surface area (Å²) in [6.45, 7) is 1.96. The van der Waals surface area contributed by atoms with Crippen LogP contribution in [0.15, 0.2) is 48.9 Å². The van der Waals surface area contributed by atoms with Gasteiger partial charge >= 0.3 is 0 Å². The van der Waals surface area contributed by atoms with Gasteiger partial charge < -0.3 is 5.21 Å². The number of aryl methyl sites for hydroxylation is 1. The predicted octanol–water partition coefficient (Wildman–Crippen LogP) is 3.58. The number of thiazole rings is 1. The van der Waals surface area contributed by atoms with Crippen LogP contribution in [-0.2, 0) is 6.42 Å². The summed E-state index contributed by atoms with van der Waals surface area (Å²) in [5.41, 5.74) is 2.54. The fourth-order valence-electron chi connectivity index (χ4n) is 2.13. The average Bonchev–Trinajstić information content (AvgIpc) is 2.98. The highest BCUT2D eigenvalue weighted by atomic mass is 35.5. The molecule has 0 radical (unpaired) electrons. The van der Waals surface area contributed by atoms with E-state index in [0.29, 0.717) is 21.8 Å². The van der Waals surface area contributed by atoms with Crippen molar-refractivity contribution in [2.24, 2.45) is 0 Å². The standard InChI is InChI=1S/C17H14ClN3O2S/c1-11-2-3-12(9-15(11)18)8-14-10-19-17(24-14)20-16(22)13-4-6-21(23)7-5-13/h2-7,9-10H,8H2,1H3,(H,19,20,22). The Morgan fingerprint density at radius 3 is 2.79 bits per heavy atom. The zero-order valence-corrected chi connectivity index (χ0v) is 14.4. The molecule has 0 saturated carbocycles. The molecule has 122 valence electrons. The molecular weight excluding hydrogens is 346 g/mol. The van der Waals surface area contributed by atoms with E-state index in [4.69, 9.17) is 11.6 Å².